The zero-order chi connectivity index (χ0) is 47.5. The number of carbonyl (C=O) groups is 5. The average Bonchev–Trinajstić information content (AvgIpc) is 3.63. The third-order valence-electron chi connectivity index (χ3n) is 16.7. The number of amides is 1. The molecule has 0 aromatic rings. The van der Waals surface area contributed by atoms with Crippen molar-refractivity contribution in [1.29, 1.82) is 0 Å². The van der Waals surface area contributed by atoms with Crippen LogP contribution in [-0.2, 0) is 38.2 Å². The van der Waals surface area contributed by atoms with Crippen LogP contribution in [0.2, 0.25) is 0 Å². The predicted molar refractivity (Wildman–Crippen MR) is 266 cm³/mol. The van der Waals surface area contributed by atoms with Crippen molar-refractivity contribution in [1.82, 2.24) is 5.32 Å². The minimum Gasteiger partial charge on any atom is -0.463 e. The van der Waals surface area contributed by atoms with Crippen molar-refractivity contribution in [3.8, 4) is 0 Å². The minimum atomic E-state index is -0.762. The molecule has 0 aromatic heterocycles. The van der Waals surface area contributed by atoms with Crippen LogP contribution in [0.1, 0.15) is 265 Å². The molecule has 66 heavy (non-hydrogen) atoms. The summed E-state index contributed by atoms with van der Waals surface area (Å²) in [6.45, 7) is 8.93. The maximum atomic E-state index is 13.4. The molecule has 4 aliphatic carbocycles. The minimum absolute atomic E-state index is 0.0859. The van der Waals surface area contributed by atoms with Gasteiger partial charge in [0, 0.05) is 24.7 Å². The third-order valence-corrected chi connectivity index (χ3v) is 16.7. The number of esters is 3. The summed E-state index contributed by atoms with van der Waals surface area (Å²) in [5.74, 6) is 0.0823. The summed E-state index contributed by atoms with van der Waals surface area (Å²) in [6, 6.07) is -0.762. The number of hydrogen-bond acceptors (Lipinski definition) is 8. The van der Waals surface area contributed by atoms with Crippen LogP contribution in [0.3, 0.4) is 0 Å². The fourth-order valence-corrected chi connectivity index (χ4v) is 12.6. The van der Waals surface area contributed by atoms with Gasteiger partial charge in [-0.2, -0.15) is 0 Å². The van der Waals surface area contributed by atoms with Crippen molar-refractivity contribution < 1.29 is 38.2 Å². The van der Waals surface area contributed by atoms with Gasteiger partial charge in [-0.05, 0) is 87.0 Å². The van der Waals surface area contributed by atoms with Crippen molar-refractivity contribution >= 4 is 29.6 Å². The van der Waals surface area contributed by atoms with Gasteiger partial charge < -0.3 is 19.5 Å². The smallest absolute Gasteiger partial charge is 0.315 e. The van der Waals surface area contributed by atoms with Crippen molar-refractivity contribution in [3.63, 3.8) is 0 Å². The lowest BCUT2D eigenvalue weighted by Gasteiger charge is -2.57. The molecule has 3 saturated carbocycles. The van der Waals surface area contributed by atoms with E-state index in [1.807, 2.05) is 6.08 Å². The number of nitrogens with one attached hydrogen (secondary N) is 1. The molecule has 1 N–H and O–H groups in total. The Morgan fingerprint density at radius 1 is 0.576 bits per heavy atom. The molecule has 4 rings (SSSR count). The molecule has 1 unspecified atom stereocenters. The van der Waals surface area contributed by atoms with E-state index in [4.69, 9.17) is 14.2 Å². The Labute approximate surface area is 402 Å². The van der Waals surface area contributed by atoms with Gasteiger partial charge in [0.15, 0.2) is 5.78 Å². The van der Waals surface area contributed by atoms with Crippen LogP contribution in [0.5, 0.6) is 0 Å². The first-order valence-corrected chi connectivity index (χ1v) is 28.0. The van der Waals surface area contributed by atoms with Crippen LogP contribution in [0.25, 0.3) is 0 Å². The number of rotatable bonds is 36. The predicted octanol–water partition coefficient (Wildman–Crippen LogP) is 14.4. The molecule has 0 spiro atoms. The SMILES string of the molecule is CCCCCCCCCCCCCCCC(=O)OCC(COC(=O)CCCCCCCCCCCCCCC)NC(=O)CC(=O)OC1CC[C@H]2[C@@H]3CCC4=CC(=O)CC[C@]4(C)[C@H]3CC[C@]12C. The average molecular weight is 924 g/mol. The lowest BCUT2D eigenvalue weighted by Crippen LogP contribution is -2.51. The summed E-state index contributed by atoms with van der Waals surface area (Å²) in [7, 11) is 0. The fraction of sp³-hybridized carbons (Fsp3) is 0.877. The number of carbonyl (C=O) groups excluding carboxylic acids is 5. The summed E-state index contributed by atoms with van der Waals surface area (Å²) in [5, 5.41) is 2.83. The molecule has 1 amide bonds. The molecule has 0 aliphatic heterocycles. The van der Waals surface area contributed by atoms with Crippen molar-refractivity contribution in [2.75, 3.05) is 13.2 Å². The van der Waals surface area contributed by atoms with E-state index in [1.165, 1.54) is 134 Å². The van der Waals surface area contributed by atoms with Gasteiger partial charge in [0.25, 0.3) is 0 Å². The fourth-order valence-electron chi connectivity index (χ4n) is 12.6. The lowest BCUT2D eigenvalue weighted by molar-refractivity contribution is -0.162. The van der Waals surface area contributed by atoms with Crippen molar-refractivity contribution in [2.24, 2.45) is 28.6 Å². The maximum Gasteiger partial charge on any atom is 0.315 e. The Morgan fingerprint density at radius 2 is 1.05 bits per heavy atom. The molecule has 9 nitrogen and oxygen atoms in total. The van der Waals surface area contributed by atoms with Gasteiger partial charge in [-0.25, -0.2) is 0 Å². The quantitative estimate of drug-likeness (QED) is 0.0285. The van der Waals surface area contributed by atoms with Gasteiger partial charge in [-0.3, -0.25) is 24.0 Å². The molecule has 9 heteroatoms. The van der Waals surface area contributed by atoms with Crippen LogP contribution in [0.4, 0.5) is 0 Å². The summed E-state index contributed by atoms with van der Waals surface area (Å²) in [6.07, 6.45) is 41.3. The Kier molecular flexibility index (Phi) is 26.6. The van der Waals surface area contributed by atoms with Gasteiger partial charge >= 0.3 is 17.9 Å². The topological polar surface area (TPSA) is 125 Å². The van der Waals surface area contributed by atoms with E-state index in [9.17, 15) is 24.0 Å². The van der Waals surface area contributed by atoms with Crippen LogP contribution < -0.4 is 5.32 Å². The molecule has 3 fully saturated rings. The summed E-state index contributed by atoms with van der Waals surface area (Å²) in [4.78, 5) is 64.6. The normalized spacial score (nSPS) is 24.6. The van der Waals surface area contributed by atoms with Crippen LogP contribution in [-0.4, -0.2) is 55.0 Å². The van der Waals surface area contributed by atoms with Crippen LogP contribution in [0, 0.1) is 28.6 Å². The number of fused-ring (bicyclic) bond motifs is 5. The number of ketones is 1. The van der Waals surface area contributed by atoms with Gasteiger partial charge in [0.05, 0.1) is 6.04 Å². The number of hydrogen-bond donors (Lipinski definition) is 1. The van der Waals surface area contributed by atoms with E-state index >= 15 is 0 Å². The highest BCUT2D eigenvalue weighted by atomic mass is 16.6. The summed E-state index contributed by atoms with van der Waals surface area (Å²) >= 11 is 0. The third kappa shape index (κ3) is 19.4. The van der Waals surface area contributed by atoms with Crippen molar-refractivity contribution in [2.45, 2.75) is 277 Å². The summed E-state index contributed by atoms with van der Waals surface area (Å²) < 4.78 is 17.4. The standard InChI is InChI=1S/C57H97NO8/c1-5-7-9-11-13-15-17-19-21-23-25-27-29-31-53(61)64-43-46(44-65-54(62)32-30-28-26-24-22-20-18-16-14-12-10-8-6-2)58-52(60)42-55(63)66-51-36-35-49-48-34-33-45-41-47(59)37-39-56(45,3)50(48)38-40-57(49,51)4/h41,46,48-51H,5-40,42-44H2,1-4H3,(H,58,60)/t48-,49-,50-,51?,56-,57-/m0/s1. The number of ether oxygens (including phenoxy) is 3. The molecule has 0 saturated heterocycles. The Hall–Kier alpha value is -2.71. The molecule has 0 heterocycles. The first-order valence-electron chi connectivity index (χ1n) is 28.0. The highest BCUT2D eigenvalue weighted by Crippen LogP contribution is 2.65. The van der Waals surface area contributed by atoms with Gasteiger partial charge in [0.2, 0.25) is 5.91 Å². The molecule has 4 aliphatic rings. The van der Waals surface area contributed by atoms with E-state index in [2.05, 4.69) is 33.0 Å². The van der Waals surface area contributed by atoms with Crippen LogP contribution in [0.15, 0.2) is 11.6 Å². The number of unbranched alkanes of at least 4 members (excludes halogenated alkanes) is 24. The second-order valence-corrected chi connectivity index (χ2v) is 21.9. The van der Waals surface area contributed by atoms with E-state index in [0.29, 0.717) is 37.0 Å². The molecule has 6 atom stereocenters. The first kappa shape index (κ1) is 55.9. The van der Waals surface area contributed by atoms with E-state index in [-0.39, 0.29) is 47.9 Å². The lowest BCUT2D eigenvalue weighted by atomic mass is 9.47. The zero-order valence-corrected chi connectivity index (χ0v) is 42.8. The monoisotopic (exact) mass is 924 g/mol. The Morgan fingerprint density at radius 3 is 1.53 bits per heavy atom. The largest absolute Gasteiger partial charge is 0.463 e. The van der Waals surface area contributed by atoms with Gasteiger partial charge in [-0.15, -0.1) is 0 Å². The highest BCUT2D eigenvalue weighted by Gasteiger charge is 2.60. The molecule has 0 aromatic carbocycles. The van der Waals surface area contributed by atoms with Crippen molar-refractivity contribution in [3.05, 3.63) is 11.6 Å². The second-order valence-electron chi connectivity index (χ2n) is 21.9. The van der Waals surface area contributed by atoms with E-state index < -0.39 is 24.3 Å². The molecular weight excluding hydrogens is 827 g/mol. The van der Waals surface area contributed by atoms with Gasteiger partial charge in [-0.1, -0.05) is 187 Å². The molecule has 0 bridgehead atoms. The number of allylic oxidation sites excluding steroid dienone is 1. The molecule has 0 radical (unpaired) electrons. The molecule has 378 valence electrons. The highest BCUT2D eigenvalue weighted by molar-refractivity contribution is 5.94. The second kappa shape index (κ2) is 31.4. The van der Waals surface area contributed by atoms with Gasteiger partial charge in [0.1, 0.15) is 25.7 Å². The zero-order valence-electron chi connectivity index (χ0n) is 42.8. The van der Waals surface area contributed by atoms with E-state index in [0.717, 1.165) is 83.5 Å². The summed E-state index contributed by atoms with van der Waals surface area (Å²) in [5.41, 5.74) is 1.30. The molecular formula is C57H97NO8. The Balaban J connectivity index is 1.17. The van der Waals surface area contributed by atoms with Crippen LogP contribution >= 0.6 is 0 Å². The maximum absolute atomic E-state index is 13.4. The van der Waals surface area contributed by atoms with E-state index in [1.54, 1.807) is 0 Å². The Bertz CT molecular complexity index is 1430. The first-order chi connectivity index (χ1) is 32.0.